The molecule has 0 saturated heterocycles. The van der Waals surface area contributed by atoms with E-state index in [1.165, 1.54) is 18.5 Å². The van der Waals surface area contributed by atoms with Crippen molar-refractivity contribution in [2.75, 3.05) is 0 Å². The molecule has 5 rings (SSSR count). The lowest BCUT2D eigenvalue weighted by atomic mass is 9.79. The maximum absolute atomic E-state index is 15.0. The van der Waals surface area contributed by atoms with Crippen LogP contribution in [0.5, 0.6) is 11.5 Å². The van der Waals surface area contributed by atoms with Gasteiger partial charge in [0.25, 0.3) is 0 Å². The van der Waals surface area contributed by atoms with Crippen molar-refractivity contribution >= 4 is 55.1 Å². The second-order valence-electron chi connectivity index (χ2n) is 9.33. The highest BCUT2D eigenvalue weighted by atomic mass is 32.2. The van der Waals surface area contributed by atoms with Crippen molar-refractivity contribution in [3.8, 4) is 29.0 Å². The molecule has 0 fully saturated rings. The van der Waals surface area contributed by atoms with Gasteiger partial charge in [-0.2, -0.15) is 9.65 Å². The van der Waals surface area contributed by atoms with Crippen molar-refractivity contribution in [1.29, 1.82) is 5.26 Å². The van der Waals surface area contributed by atoms with E-state index in [9.17, 15) is 23.2 Å². The molecule has 0 amide bonds. The zero-order valence-electron chi connectivity index (χ0n) is 21.3. The largest absolute Gasteiger partial charge is 0.451 e. The topological polar surface area (TPSA) is 94.6 Å². The average molecular weight is 629 g/mol. The number of aldehydes is 1. The van der Waals surface area contributed by atoms with E-state index in [-0.39, 0.29) is 40.2 Å². The summed E-state index contributed by atoms with van der Waals surface area (Å²) in [6.45, 7) is 0. The number of aryl methyl sites for hydroxylation is 1. The smallest absolute Gasteiger partial charge is 0.206 e. The molecule has 214 valence electrons. The van der Waals surface area contributed by atoms with Crippen molar-refractivity contribution in [2.24, 2.45) is 0 Å². The second-order valence-corrected chi connectivity index (χ2v) is 12.4. The fourth-order valence-electron chi connectivity index (χ4n) is 4.68. The first kappa shape index (κ1) is 29.6. The number of hydrogen-bond donors (Lipinski definition) is 5. The van der Waals surface area contributed by atoms with Gasteiger partial charge >= 0.3 is 0 Å². The van der Waals surface area contributed by atoms with Crippen LogP contribution in [0.15, 0.2) is 60.9 Å². The molecule has 2 aromatic heterocycles. The third-order valence-electron chi connectivity index (χ3n) is 6.77. The van der Waals surface area contributed by atoms with Crippen LogP contribution in [0.3, 0.4) is 0 Å². The third-order valence-corrected chi connectivity index (χ3v) is 7.77. The van der Waals surface area contributed by atoms with Crippen LogP contribution in [0.4, 0.5) is 17.6 Å². The maximum Gasteiger partial charge on any atom is 0.206 e. The molecule has 0 aliphatic rings. The Morgan fingerprint density at radius 1 is 1.02 bits per heavy atom. The number of benzene rings is 3. The lowest BCUT2D eigenvalue weighted by Gasteiger charge is -2.36. The number of thiol groups is 3. The minimum absolute atomic E-state index is 0.0582. The van der Waals surface area contributed by atoms with Crippen molar-refractivity contribution in [3.63, 3.8) is 0 Å². The van der Waals surface area contributed by atoms with Gasteiger partial charge in [-0.25, -0.2) is 18.2 Å². The van der Waals surface area contributed by atoms with Gasteiger partial charge in [0.2, 0.25) is 11.6 Å². The summed E-state index contributed by atoms with van der Waals surface area (Å²) in [5.74, 6) is -6.08. The summed E-state index contributed by atoms with van der Waals surface area (Å²) in [5, 5.41) is 10.2. The highest BCUT2D eigenvalue weighted by molar-refractivity contribution is 8.17. The van der Waals surface area contributed by atoms with Crippen molar-refractivity contribution in [2.45, 2.75) is 21.7 Å². The molecule has 2 N–H and O–H groups in total. The fourth-order valence-corrected chi connectivity index (χ4v) is 5.58. The Balaban J connectivity index is 1.57. The van der Waals surface area contributed by atoms with Gasteiger partial charge in [0, 0.05) is 18.0 Å². The molecule has 5 aromatic rings. The highest BCUT2D eigenvalue weighted by Gasteiger charge is 2.50. The summed E-state index contributed by atoms with van der Waals surface area (Å²) < 4.78 is 62.9. The first-order valence-corrected chi connectivity index (χ1v) is 13.6. The van der Waals surface area contributed by atoms with Crippen LogP contribution < -0.4 is 4.74 Å². The van der Waals surface area contributed by atoms with E-state index < -0.39 is 37.8 Å². The van der Waals surface area contributed by atoms with E-state index in [1.54, 1.807) is 24.3 Å². The number of imidazole rings is 1. The number of nitrogens with one attached hydrogen (secondary N) is 2. The number of halogens is 4. The maximum atomic E-state index is 15.0. The fraction of sp³-hybridized carbons (Fsp3) is 0.138. The summed E-state index contributed by atoms with van der Waals surface area (Å²) >= 11 is 13.5. The molecule has 1 unspecified atom stereocenters. The Morgan fingerprint density at radius 3 is 2.52 bits per heavy atom. The number of nitrogens with zero attached hydrogens (tertiary/aromatic N) is 2. The van der Waals surface area contributed by atoms with Crippen LogP contribution in [0.2, 0.25) is 0 Å². The molecule has 6 nitrogen and oxygen atoms in total. The van der Waals surface area contributed by atoms with Crippen LogP contribution in [0.1, 0.15) is 23.2 Å². The first-order chi connectivity index (χ1) is 20.0. The number of rotatable bonds is 9. The standard InChI is InChI=1S/C29H20F4N4O2S3/c30-20-7-6-17(39-26-22(31)18-8-9-35-25(18)23(32)24(26)33)12-19(20)27-36-13-21(37-27)28(14-34,29(40,41)42)16-5-1-3-15(11-16)4-2-10-38/h1,3,5-13,35,40-42H,2,4H2,(H,36,37). The van der Waals surface area contributed by atoms with Crippen LogP contribution in [-0.2, 0) is 16.6 Å². The van der Waals surface area contributed by atoms with Crippen LogP contribution >= 0.6 is 37.9 Å². The van der Waals surface area contributed by atoms with Gasteiger partial charge < -0.3 is 19.5 Å². The van der Waals surface area contributed by atoms with Gasteiger partial charge in [0.15, 0.2) is 17.0 Å². The Morgan fingerprint density at radius 2 is 1.81 bits per heavy atom. The summed E-state index contributed by atoms with van der Waals surface area (Å²) in [5.41, 5.74) is -0.806. The van der Waals surface area contributed by atoms with Crippen molar-refractivity contribution in [3.05, 3.63) is 101 Å². The Labute approximate surface area is 253 Å². The quantitative estimate of drug-likeness (QED) is 0.0390. The van der Waals surface area contributed by atoms with E-state index in [0.717, 1.165) is 30.0 Å². The summed E-state index contributed by atoms with van der Waals surface area (Å²) in [4.78, 5) is 20.5. The first-order valence-electron chi connectivity index (χ1n) is 12.3. The van der Waals surface area contributed by atoms with Crippen LogP contribution in [0.25, 0.3) is 22.3 Å². The molecular weight excluding hydrogens is 609 g/mol. The van der Waals surface area contributed by atoms with Crippen LogP contribution in [-0.4, -0.2) is 24.6 Å². The minimum atomic E-state index is -1.66. The van der Waals surface area contributed by atoms with E-state index in [4.69, 9.17) is 4.74 Å². The predicted octanol–water partition coefficient (Wildman–Crippen LogP) is 7.29. The summed E-state index contributed by atoms with van der Waals surface area (Å²) in [7, 11) is 0. The van der Waals surface area contributed by atoms with Crippen molar-refractivity contribution < 1.29 is 27.1 Å². The van der Waals surface area contributed by atoms with Gasteiger partial charge in [-0.1, -0.05) is 24.3 Å². The van der Waals surface area contributed by atoms with E-state index >= 15 is 4.39 Å². The third kappa shape index (κ3) is 5.04. The molecule has 0 saturated carbocycles. The molecular formula is C29H20F4N4O2S3. The van der Waals surface area contributed by atoms with Crippen LogP contribution in [0, 0.1) is 34.6 Å². The molecule has 0 radical (unpaired) electrons. The number of hydrogen-bond acceptors (Lipinski definition) is 7. The number of carbonyl (C=O) groups excluding carboxylic acids is 1. The molecule has 1 atom stereocenters. The number of aromatic nitrogens is 3. The van der Waals surface area contributed by atoms with Crippen molar-refractivity contribution in [1.82, 2.24) is 15.0 Å². The van der Waals surface area contributed by atoms with Gasteiger partial charge in [0.05, 0.1) is 29.0 Å². The summed E-state index contributed by atoms with van der Waals surface area (Å²) in [6.07, 6.45) is 4.06. The zero-order chi connectivity index (χ0) is 30.2. The minimum Gasteiger partial charge on any atom is -0.451 e. The van der Waals surface area contributed by atoms with E-state index in [2.05, 4.69) is 58.9 Å². The normalized spacial score (nSPS) is 13.1. The van der Waals surface area contributed by atoms with Gasteiger partial charge in [-0.15, -0.1) is 37.9 Å². The molecule has 0 aliphatic carbocycles. The molecule has 0 spiro atoms. The van der Waals surface area contributed by atoms with E-state index in [1.807, 2.05) is 0 Å². The van der Waals surface area contributed by atoms with Gasteiger partial charge in [0.1, 0.15) is 27.1 Å². The zero-order valence-corrected chi connectivity index (χ0v) is 24.0. The SMILES string of the molecule is N#CC(c1cccc(CCC=O)c1)(c1cnc(-c2cc(Oc3c(F)c(F)c4[nH]ccc4c3F)ccc2F)[nH]1)C(S)(S)S. The second kappa shape index (κ2) is 11.4. The molecule has 3 aromatic carbocycles. The number of ether oxygens (including phenoxy) is 1. The molecule has 42 heavy (non-hydrogen) atoms. The number of fused-ring (bicyclic) bond motifs is 1. The lowest BCUT2D eigenvalue weighted by Crippen LogP contribution is -2.40. The average Bonchev–Trinajstić information content (AvgIpc) is 3.65. The number of aromatic amines is 2. The predicted molar refractivity (Wildman–Crippen MR) is 159 cm³/mol. The Bertz CT molecular complexity index is 1860. The Hall–Kier alpha value is -3.86. The molecule has 0 aliphatic heterocycles. The number of H-pyrrole nitrogens is 2. The Kier molecular flexibility index (Phi) is 8.06. The molecule has 0 bridgehead atoms. The highest BCUT2D eigenvalue weighted by Crippen LogP contribution is 2.50. The lowest BCUT2D eigenvalue weighted by molar-refractivity contribution is -0.107. The molecule has 2 heterocycles. The van der Waals surface area contributed by atoms with E-state index in [0.29, 0.717) is 12.0 Å². The monoisotopic (exact) mass is 628 g/mol. The van der Waals surface area contributed by atoms with Gasteiger partial charge in [-0.05, 0) is 41.8 Å². The molecule has 13 heteroatoms. The number of nitriles is 1. The number of carbonyl (C=O) groups is 1. The summed E-state index contributed by atoms with van der Waals surface area (Å²) in [6, 6.07) is 13.6. The van der Waals surface area contributed by atoms with Gasteiger partial charge in [-0.3, -0.25) is 0 Å².